The van der Waals surface area contributed by atoms with E-state index in [0.717, 1.165) is 47.1 Å². The van der Waals surface area contributed by atoms with Crippen LogP contribution in [0.3, 0.4) is 0 Å². The average Bonchev–Trinajstić information content (AvgIpc) is 3.26. The molecule has 0 unspecified atom stereocenters. The van der Waals surface area contributed by atoms with Crippen molar-refractivity contribution in [2.24, 2.45) is 0 Å². The molecule has 3 heterocycles. The highest BCUT2D eigenvalue weighted by atomic mass is 32.2. The van der Waals surface area contributed by atoms with Crippen molar-refractivity contribution < 1.29 is 4.52 Å². The number of aromatic nitrogens is 6. The van der Waals surface area contributed by atoms with Crippen molar-refractivity contribution in [2.45, 2.75) is 37.1 Å². The van der Waals surface area contributed by atoms with Crippen molar-refractivity contribution in [3.8, 4) is 0 Å². The first-order valence-corrected chi connectivity index (χ1v) is 8.59. The fourth-order valence-corrected chi connectivity index (χ4v) is 3.24. The van der Waals surface area contributed by atoms with E-state index in [1.807, 2.05) is 28.7 Å². The Morgan fingerprint density at radius 1 is 1.26 bits per heavy atom. The normalized spacial score (nSPS) is 11.7. The van der Waals surface area contributed by atoms with E-state index < -0.39 is 0 Å². The first-order chi connectivity index (χ1) is 11.3. The second-order valence-electron chi connectivity index (χ2n) is 5.26. The molecule has 8 heteroatoms. The van der Waals surface area contributed by atoms with Crippen LogP contribution in [0.1, 0.15) is 31.5 Å². The molecule has 0 saturated carbocycles. The minimum atomic E-state index is 0.589. The van der Waals surface area contributed by atoms with Crippen LogP contribution in [-0.4, -0.2) is 29.7 Å². The largest absolute Gasteiger partial charge is 0.338 e. The van der Waals surface area contributed by atoms with E-state index in [1.165, 1.54) is 0 Å². The molecule has 7 nitrogen and oxygen atoms in total. The molecule has 1 N–H and O–H groups in total. The van der Waals surface area contributed by atoms with Gasteiger partial charge in [-0.15, -0.1) is 5.10 Å². The molecule has 23 heavy (non-hydrogen) atoms. The van der Waals surface area contributed by atoms with Gasteiger partial charge in [-0.1, -0.05) is 42.4 Å². The quantitative estimate of drug-likeness (QED) is 0.547. The van der Waals surface area contributed by atoms with Crippen LogP contribution in [0.15, 0.2) is 33.9 Å². The topological polar surface area (TPSA) is 84.9 Å². The molecule has 0 aliphatic rings. The maximum atomic E-state index is 5.30. The number of fused-ring (bicyclic) bond motifs is 3. The number of H-pyrrole nitrogens is 1. The highest BCUT2D eigenvalue weighted by molar-refractivity contribution is 7.98. The molecule has 0 aliphatic carbocycles. The van der Waals surface area contributed by atoms with Crippen molar-refractivity contribution in [2.75, 3.05) is 0 Å². The first-order valence-electron chi connectivity index (χ1n) is 7.61. The van der Waals surface area contributed by atoms with Crippen LogP contribution in [0.25, 0.3) is 16.8 Å². The summed E-state index contributed by atoms with van der Waals surface area (Å²) in [6, 6.07) is 7.99. The van der Waals surface area contributed by atoms with Gasteiger partial charge in [-0.2, -0.15) is 4.98 Å². The molecule has 1 aromatic carbocycles. The molecule has 0 aliphatic heterocycles. The summed E-state index contributed by atoms with van der Waals surface area (Å²) < 4.78 is 7.30. The molecule has 4 rings (SSSR count). The van der Waals surface area contributed by atoms with Crippen molar-refractivity contribution >= 4 is 28.6 Å². The highest BCUT2D eigenvalue weighted by Gasteiger charge is 2.13. The summed E-state index contributed by atoms with van der Waals surface area (Å²) in [5.41, 5.74) is 1.98. The number of unbranched alkanes of at least 4 members (excludes halogenated alkanes) is 1. The highest BCUT2D eigenvalue weighted by Crippen LogP contribution is 2.25. The number of rotatable bonds is 6. The SMILES string of the molecule is CCCCc1noc(CSc2n[nH]c3nc4ccccc4n23)n1. The second-order valence-corrected chi connectivity index (χ2v) is 6.20. The van der Waals surface area contributed by atoms with Gasteiger partial charge in [0.2, 0.25) is 11.7 Å². The van der Waals surface area contributed by atoms with Crippen LogP contribution in [0.5, 0.6) is 0 Å². The molecule has 0 amide bonds. The lowest BCUT2D eigenvalue weighted by Gasteiger charge is -1.96. The van der Waals surface area contributed by atoms with E-state index >= 15 is 0 Å². The van der Waals surface area contributed by atoms with Gasteiger partial charge in [0.15, 0.2) is 11.0 Å². The Bertz CT molecular complexity index is 940. The third-order valence-electron chi connectivity index (χ3n) is 3.59. The number of hydrogen-bond donors (Lipinski definition) is 1. The summed E-state index contributed by atoms with van der Waals surface area (Å²) >= 11 is 1.55. The fourth-order valence-electron chi connectivity index (χ4n) is 2.45. The predicted molar refractivity (Wildman–Crippen MR) is 87.3 cm³/mol. The number of benzene rings is 1. The van der Waals surface area contributed by atoms with Crippen LogP contribution in [-0.2, 0) is 12.2 Å². The number of thioether (sulfide) groups is 1. The molecule has 118 valence electrons. The zero-order valence-corrected chi connectivity index (χ0v) is 13.5. The Hall–Kier alpha value is -2.35. The number of hydrogen-bond acceptors (Lipinski definition) is 6. The van der Waals surface area contributed by atoms with Gasteiger partial charge in [0.25, 0.3) is 0 Å². The third kappa shape index (κ3) is 2.70. The lowest BCUT2D eigenvalue weighted by atomic mass is 10.2. The van der Waals surface area contributed by atoms with Crippen LogP contribution in [0.2, 0.25) is 0 Å². The van der Waals surface area contributed by atoms with E-state index in [9.17, 15) is 0 Å². The van der Waals surface area contributed by atoms with E-state index in [0.29, 0.717) is 11.6 Å². The number of para-hydroxylation sites is 2. The van der Waals surface area contributed by atoms with E-state index in [4.69, 9.17) is 4.52 Å². The molecule has 0 bridgehead atoms. The molecular formula is C15H16N6OS. The average molecular weight is 328 g/mol. The Labute approximate surface area is 136 Å². The Balaban J connectivity index is 1.55. The van der Waals surface area contributed by atoms with Gasteiger partial charge >= 0.3 is 0 Å². The summed E-state index contributed by atoms with van der Waals surface area (Å²) in [5.74, 6) is 2.73. The number of nitrogens with zero attached hydrogens (tertiary/aromatic N) is 5. The second kappa shape index (κ2) is 6.04. The Kier molecular flexibility index (Phi) is 3.74. The Morgan fingerprint density at radius 3 is 3.09 bits per heavy atom. The maximum Gasteiger partial charge on any atom is 0.237 e. The first kappa shape index (κ1) is 14.3. The molecule has 3 aromatic heterocycles. The number of imidazole rings is 1. The van der Waals surface area contributed by atoms with E-state index in [2.05, 4.69) is 32.2 Å². The third-order valence-corrected chi connectivity index (χ3v) is 4.52. The summed E-state index contributed by atoms with van der Waals surface area (Å²) in [6.07, 6.45) is 3.06. The molecule has 0 saturated heterocycles. The standard InChI is InChI=1S/C15H16N6OS/c1-2-3-8-12-17-13(22-20-12)9-23-15-19-18-14-16-10-6-4-5-7-11(10)21(14)15/h4-7H,2-3,8-9H2,1H3,(H,16,18). The van der Waals surface area contributed by atoms with E-state index in [-0.39, 0.29) is 0 Å². The van der Waals surface area contributed by atoms with Gasteiger partial charge in [0.05, 0.1) is 16.8 Å². The van der Waals surface area contributed by atoms with E-state index in [1.54, 1.807) is 11.8 Å². The molecule has 4 aromatic rings. The van der Waals surface area contributed by atoms with Gasteiger partial charge in [-0.25, -0.2) is 10.1 Å². The zero-order chi connectivity index (χ0) is 15.6. The molecule has 0 radical (unpaired) electrons. The Morgan fingerprint density at radius 2 is 2.17 bits per heavy atom. The molecular weight excluding hydrogens is 312 g/mol. The number of aryl methyl sites for hydroxylation is 1. The molecule has 0 atom stereocenters. The monoisotopic (exact) mass is 328 g/mol. The van der Waals surface area contributed by atoms with Crippen molar-refractivity contribution in [1.82, 2.24) is 29.7 Å². The molecule has 0 fully saturated rings. The lowest BCUT2D eigenvalue weighted by molar-refractivity contribution is 0.384. The predicted octanol–water partition coefficient (Wildman–Crippen LogP) is 3.23. The smallest absolute Gasteiger partial charge is 0.237 e. The zero-order valence-electron chi connectivity index (χ0n) is 12.7. The summed E-state index contributed by atoms with van der Waals surface area (Å²) in [6.45, 7) is 2.15. The van der Waals surface area contributed by atoms with Crippen molar-refractivity contribution in [3.63, 3.8) is 0 Å². The maximum absolute atomic E-state index is 5.30. The van der Waals surface area contributed by atoms with Crippen LogP contribution in [0, 0.1) is 0 Å². The summed E-state index contributed by atoms with van der Waals surface area (Å²) in [4.78, 5) is 8.92. The van der Waals surface area contributed by atoms with Gasteiger partial charge in [-0.3, -0.25) is 4.40 Å². The van der Waals surface area contributed by atoms with Crippen LogP contribution < -0.4 is 0 Å². The fraction of sp³-hybridized carbons (Fsp3) is 0.333. The van der Waals surface area contributed by atoms with Crippen LogP contribution >= 0.6 is 11.8 Å². The van der Waals surface area contributed by atoms with Gasteiger partial charge in [0.1, 0.15) is 0 Å². The van der Waals surface area contributed by atoms with Crippen molar-refractivity contribution in [1.29, 1.82) is 0 Å². The minimum Gasteiger partial charge on any atom is -0.338 e. The van der Waals surface area contributed by atoms with Gasteiger partial charge < -0.3 is 4.52 Å². The van der Waals surface area contributed by atoms with Crippen molar-refractivity contribution in [3.05, 3.63) is 36.0 Å². The number of nitrogens with one attached hydrogen (secondary N) is 1. The molecule has 0 spiro atoms. The number of aromatic amines is 1. The van der Waals surface area contributed by atoms with Crippen LogP contribution in [0.4, 0.5) is 0 Å². The summed E-state index contributed by atoms with van der Waals surface area (Å²) in [5, 5.41) is 12.1. The lowest BCUT2D eigenvalue weighted by Crippen LogP contribution is -1.89. The minimum absolute atomic E-state index is 0.589. The van der Waals surface area contributed by atoms with Gasteiger partial charge in [0, 0.05) is 6.42 Å². The summed E-state index contributed by atoms with van der Waals surface area (Å²) in [7, 11) is 0. The van der Waals surface area contributed by atoms with Gasteiger partial charge in [-0.05, 0) is 18.6 Å².